The first-order valence-corrected chi connectivity index (χ1v) is 8.66. The van der Waals surface area contributed by atoms with E-state index in [1.807, 2.05) is 29.2 Å². The largest absolute Gasteiger partial charge is 0.334 e. The number of urea groups is 1. The highest BCUT2D eigenvalue weighted by molar-refractivity contribution is 5.88. The zero-order valence-electron chi connectivity index (χ0n) is 14.8. The summed E-state index contributed by atoms with van der Waals surface area (Å²) in [5, 5.41) is 5.72. The van der Waals surface area contributed by atoms with Gasteiger partial charge in [0.15, 0.2) is 0 Å². The van der Waals surface area contributed by atoms with Crippen molar-refractivity contribution in [3.05, 3.63) is 29.8 Å². The molecule has 132 valence electrons. The Morgan fingerprint density at radius 1 is 1.29 bits per heavy atom. The first-order valence-electron chi connectivity index (χ1n) is 8.66. The van der Waals surface area contributed by atoms with Crippen LogP contribution in [0, 0.1) is 0 Å². The fourth-order valence-corrected chi connectivity index (χ4v) is 3.22. The Hall–Kier alpha value is -2.08. The normalized spacial score (nSPS) is 17.2. The summed E-state index contributed by atoms with van der Waals surface area (Å²) < 4.78 is 0. The van der Waals surface area contributed by atoms with Crippen LogP contribution in [0.15, 0.2) is 24.3 Å². The Morgan fingerprint density at radius 3 is 2.71 bits per heavy atom. The minimum atomic E-state index is -0.101. The number of carbonyl (C=O) groups is 2. The molecular weight excluding hydrogens is 304 g/mol. The van der Waals surface area contributed by atoms with Gasteiger partial charge in [0.2, 0.25) is 5.91 Å². The lowest BCUT2D eigenvalue weighted by atomic mass is 10.2. The van der Waals surface area contributed by atoms with Crippen molar-refractivity contribution in [2.45, 2.75) is 39.8 Å². The lowest BCUT2D eigenvalue weighted by molar-refractivity contribution is -0.114. The number of rotatable bonds is 6. The Labute approximate surface area is 144 Å². The van der Waals surface area contributed by atoms with Crippen LogP contribution in [0.1, 0.15) is 32.8 Å². The molecule has 6 nitrogen and oxygen atoms in total. The van der Waals surface area contributed by atoms with E-state index in [1.165, 1.54) is 6.92 Å². The van der Waals surface area contributed by atoms with Crippen molar-refractivity contribution in [2.75, 3.05) is 31.5 Å². The second-order valence-corrected chi connectivity index (χ2v) is 6.15. The molecule has 1 aliphatic rings. The van der Waals surface area contributed by atoms with Gasteiger partial charge >= 0.3 is 6.03 Å². The zero-order valence-corrected chi connectivity index (χ0v) is 14.8. The lowest BCUT2D eigenvalue weighted by Crippen LogP contribution is -2.42. The van der Waals surface area contributed by atoms with Gasteiger partial charge in [-0.25, -0.2) is 4.79 Å². The van der Waals surface area contributed by atoms with Crippen LogP contribution in [0.25, 0.3) is 0 Å². The highest BCUT2D eigenvalue weighted by Crippen LogP contribution is 2.16. The summed E-state index contributed by atoms with van der Waals surface area (Å²) in [6.45, 7) is 9.90. The summed E-state index contributed by atoms with van der Waals surface area (Å²) in [6.07, 6.45) is 1.03. The number of likely N-dealkylation sites (N-methyl/N-ethyl adjacent to an activating group) is 1. The molecule has 6 heteroatoms. The van der Waals surface area contributed by atoms with E-state index in [9.17, 15) is 9.59 Å². The molecule has 2 rings (SSSR count). The van der Waals surface area contributed by atoms with E-state index >= 15 is 0 Å². The molecule has 0 bridgehead atoms. The number of hydrogen-bond donors (Lipinski definition) is 2. The van der Waals surface area contributed by atoms with Crippen molar-refractivity contribution in [1.29, 1.82) is 0 Å². The van der Waals surface area contributed by atoms with E-state index in [1.54, 1.807) is 0 Å². The number of likely N-dealkylation sites (tertiary alicyclic amines) is 1. The average molecular weight is 332 g/mol. The molecule has 0 radical (unpaired) electrons. The van der Waals surface area contributed by atoms with Crippen LogP contribution in [0.2, 0.25) is 0 Å². The van der Waals surface area contributed by atoms with Crippen molar-refractivity contribution >= 4 is 17.6 Å². The molecule has 1 aromatic rings. The van der Waals surface area contributed by atoms with Crippen molar-refractivity contribution in [3.8, 4) is 0 Å². The second-order valence-electron chi connectivity index (χ2n) is 6.15. The number of hydrogen-bond acceptors (Lipinski definition) is 3. The predicted octanol–water partition coefficient (Wildman–Crippen LogP) is 2.27. The molecule has 24 heavy (non-hydrogen) atoms. The minimum Gasteiger partial charge on any atom is -0.334 e. The lowest BCUT2D eigenvalue weighted by Gasteiger charge is -2.26. The number of benzene rings is 1. The van der Waals surface area contributed by atoms with Crippen molar-refractivity contribution < 1.29 is 9.59 Å². The maximum absolute atomic E-state index is 12.4. The Morgan fingerprint density at radius 2 is 2.04 bits per heavy atom. The highest BCUT2D eigenvalue weighted by atomic mass is 16.2. The van der Waals surface area contributed by atoms with Gasteiger partial charge in [-0.05, 0) is 37.2 Å². The van der Waals surface area contributed by atoms with Crippen LogP contribution in [0.3, 0.4) is 0 Å². The third-order valence-corrected chi connectivity index (χ3v) is 4.47. The van der Waals surface area contributed by atoms with E-state index in [0.717, 1.165) is 43.9 Å². The van der Waals surface area contributed by atoms with E-state index < -0.39 is 0 Å². The number of nitrogens with one attached hydrogen (secondary N) is 2. The van der Waals surface area contributed by atoms with Crippen LogP contribution in [0.5, 0.6) is 0 Å². The maximum Gasteiger partial charge on any atom is 0.317 e. The van der Waals surface area contributed by atoms with Crippen LogP contribution in [-0.4, -0.2) is 54.0 Å². The van der Waals surface area contributed by atoms with E-state index in [2.05, 4.69) is 29.4 Å². The Kier molecular flexibility index (Phi) is 6.61. The van der Waals surface area contributed by atoms with Gasteiger partial charge in [-0.15, -0.1) is 0 Å². The molecule has 0 aliphatic carbocycles. The van der Waals surface area contributed by atoms with Crippen molar-refractivity contribution in [1.82, 2.24) is 15.1 Å². The maximum atomic E-state index is 12.4. The first-order chi connectivity index (χ1) is 11.5. The molecule has 1 saturated heterocycles. The summed E-state index contributed by atoms with van der Waals surface area (Å²) in [7, 11) is 0. The smallest absolute Gasteiger partial charge is 0.317 e. The summed E-state index contributed by atoms with van der Waals surface area (Å²) in [5.41, 5.74) is 1.71. The van der Waals surface area contributed by atoms with Crippen molar-refractivity contribution in [3.63, 3.8) is 0 Å². The Bertz CT molecular complexity index is 572. The molecule has 1 fully saturated rings. The van der Waals surface area contributed by atoms with Gasteiger partial charge in [-0.2, -0.15) is 0 Å². The average Bonchev–Trinajstić information content (AvgIpc) is 3.03. The molecule has 1 aliphatic heterocycles. The molecule has 3 amide bonds. The SMILES string of the molecule is CCN(CC)[C@H]1CCN(C(=O)NCc2cccc(NC(C)=O)c2)C1. The third kappa shape index (κ3) is 4.96. The summed E-state index contributed by atoms with van der Waals surface area (Å²) in [6, 6.07) is 7.97. The second kappa shape index (κ2) is 8.68. The van der Waals surface area contributed by atoms with Gasteiger partial charge in [0.1, 0.15) is 0 Å². The van der Waals surface area contributed by atoms with Gasteiger partial charge in [-0.3, -0.25) is 9.69 Å². The van der Waals surface area contributed by atoms with Crippen LogP contribution >= 0.6 is 0 Å². The van der Waals surface area contributed by atoms with Crippen LogP contribution in [-0.2, 0) is 11.3 Å². The van der Waals surface area contributed by atoms with Gasteiger partial charge < -0.3 is 15.5 Å². The molecule has 0 spiro atoms. The van der Waals surface area contributed by atoms with E-state index in [0.29, 0.717) is 12.6 Å². The van der Waals surface area contributed by atoms with E-state index in [4.69, 9.17) is 0 Å². The van der Waals surface area contributed by atoms with Crippen LogP contribution < -0.4 is 10.6 Å². The van der Waals surface area contributed by atoms with Crippen molar-refractivity contribution in [2.24, 2.45) is 0 Å². The number of anilines is 1. The standard InChI is InChI=1S/C18H28N4O2/c1-4-21(5-2)17-9-10-22(13-17)18(24)19-12-15-7-6-8-16(11-15)20-14(3)23/h6-8,11,17H,4-5,9-10,12-13H2,1-3H3,(H,19,24)(H,20,23)/t17-/m0/s1. The fourth-order valence-electron chi connectivity index (χ4n) is 3.22. The Balaban J connectivity index is 1.84. The highest BCUT2D eigenvalue weighted by Gasteiger charge is 2.28. The first kappa shape index (κ1) is 18.3. The van der Waals surface area contributed by atoms with Gasteiger partial charge in [0.25, 0.3) is 0 Å². The number of nitrogens with zero attached hydrogens (tertiary/aromatic N) is 2. The summed E-state index contributed by atoms with van der Waals surface area (Å²) in [5.74, 6) is -0.101. The summed E-state index contributed by atoms with van der Waals surface area (Å²) >= 11 is 0. The minimum absolute atomic E-state index is 0.0189. The molecule has 0 unspecified atom stereocenters. The molecule has 0 saturated carbocycles. The quantitative estimate of drug-likeness (QED) is 0.840. The summed E-state index contributed by atoms with van der Waals surface area (Å²) in [4.78, 5) is 27.8. The topological polar surface area (TPSA) is 64.7 Å². The number of amides is 3. The van der Waals surface area contributed by atoms with Gasteiger partial charge in [-0.1, -0.05) is 26.0 Å². The molecule has 1 aromatic carbocycles. The molecule has 1 atom stereocenters. The molecular formula is C18H28N4O2. The monoisotopic (exact) mass is 332 g/mol. The molecule has 0 aromatic heterocycles. The predicted molar refractivity (Wildman–Crippen MR) is 95.9 cm³/mol. The zero-order chi connectivity index (χ0) is 17.5. The number of carbonyl (C=O) groups excluding carboxylic acids is 2. The third-order valence-electron chi connectivity index (χ3n) is 4.47. The van der Waals surface area contributed by atoms with E-state index in [-0.39, 0.29) is 11.9 Å². The molecule has 1 heterocycles. The van der Waals surface area contributed by atoms with Gasteiger partial charge in [0.05, 0.1) is 0 Å². The van der Waals surface area contributed by atoms with Crippen LogP contribution in [0.4, 0.5) is 10.5 Å². The molecule has 2 N–H and O–H groups in total. The van der Waals surface area contributed by atoms with Gasteiger partial charge in [0, 0.05) is 38.3 Å². The fraction of sp³-hybridized carbons (Fsp3) is 0.556.